The Morgan fingerprint density at radius 1 is 1.04 bits per heavy atom. The van der Waals surface area contributed by atoms with Crippen LogP contribution in [0.15, 0.2) is 0 Å². The minimum absolute atomic E-state index is 0.224. The van der Waals surface area contributed by atoms with Crippen LogP contribution in [0.25, 0.3) is 0 Å². The third kappa shape index (κ3) is 7.14. The van der Waals surface area contributed by atoms with Crippen LogP contribution in [0.4, 0.5) is 4.79 Å². The molecule has 2 fully saturated rings. The minimum Gasteiger partial charge on any atom is -0.481 e. The summed E-state index contributed by atoms with van der Waals surface area (Å²) in [5.41, 5.74) is 0. The van der Waals surface area contributed by atoms with E-state index in [0.717, 1.165) is 25.7 Å². The van der Waals surface area contributed by atoms with Gasteiger partial charge in [-0.2, -0.15) is 0 Å². The van der Waals surface area contributed by atoms with Crippen LogP contribution in [-0.2, 0) is 14.3 Å². The summed E-state index contributed by atoms with van der Waals surface area (Å²) in [5, 5.41) is 11.9. The van der Waals surface area contributed by atoms with Gasteiger partial charge in [0.05, 0.1) is 12.5 Å². The van der Waals surface area contributed by atoms with Gasteiger partial charge in [0.25, 0.3) is 0 Å². The van der Waals surface area contributed by atoms with Gasteiger partial charge in [0.15, 0.2) is 0 Å². The second-order valence-corrected chi connectivity index (χ2v) is 8.34. The Kier molecular flexibility index (Phi) is 8.69. The summed E-state index contributed by atoms with van der Waals surface area (Å²) in [6.07, 6.45) is 7.89. The van der Waals surface area contributed by atoms with Gasteiger partial charge in [-0.05, 0) is 50.4 Å². The van der Waals surface area contributed by atoms with E-state index in [1.54, 1.807) is 0 Å². The van der Waals surface area contributed by atoms with E-state index in [1.165, 1.54) is 19.3 Å². The van der Waals surface area contributed by atoms with Gasteiger partial charge in [-0.25, -0.2) is 4.79 Å². The number of carboxylic acid groups (broad SMARTS) is 1. The Balaban J connectivity index is 1.74. The maximum absolute atomic E-state index is 12.2. The standard InChI is InChI=1S/C20H35NO5/c1-14(2)13-25-19(17-6-4-3-5-7-17)26-20(24)21-12-15-8-10-16(11-9-15)18(22)23/h14-17,19H,3-13H2,1-2H3,(H,21,24)(H,22,23). The Morgan fingerprint density at radius 2 is 1.69 bits per heavy atom. The van der Waals surface area contributed by atoms with Crippen molar-refractivity contribution >= 4 is 12.1 Å². The highest BCUT2D eigenvalue weighted by Crippen LogP contribution is 2.30. The zero-order valence-electron chi connectivity index (χ0n) is 16.2. The molecule has 2 N–H and O–H groups in total. The molecule has 0 bridgehead atoms. The molecule has 0 saturated heterocycles. The predicted octanol–water partition coefficient (Wildman–Crippen LogP) is 4.18. The highest BCUT2D eigenvalue weighted by molar-refractivity contribution is 5.70. The van der Waals surface area contributed by atoms with Crippen LogP contribution in [0.5, 0.6) is 0 Å². The van der Waals surface area contributed by atoms with Gasteiger partial charge in [0.2, 0.25) is 6.29 Å². The highest BCUT2D eigenvalue weighted by atomic mass is 16.7. The summed E-state index contributed by atoms with van der Waals surface area (Å²) < 4.78 is 11.5. The molecule has 0 aromatic carbocycles. The Labute approximate surface area is 157 Å². The number of alkyl carbamates (subject to hydrolysis) is 1. The molecule has 2 rings (SSSR count). The SMILES string of the molecule is CC(C)COC(OC(=O)NCC1CCC(C(=O)O)CC1)C1CCCCC1. The summed E-state index contributed by atoms with van der Waals surface area (Å²) in [6, 6.07) is 0. The first kappa shape index (κ1) is 21.0. The van der Waals surface area contributed by atoms with E-state index < -0.39 is 18.4 Å². The summed E-state index contributed by atoms with van der Waals surface area (Å²) in [7, 11) is 0. The van der Waals surface area contributed by atoms with Gasteiger partial charge in [0, 0.05) is 12.5 Å². The lowest BCUT2D eigenvalue weighted by molar-refractivity contribution is -0.149. The number of carbonyl (C=O) groups is 2. The van der Waals surface area contributed by atoms with Crippen LogP contribution in [0.1, 0.15) is 71.6 Å². The van der Waals surface area contributed by atoms with Crippen LogP contribution in [0.3, 0.4) is 0 Å². The first-order valence-electron chi connectivity index (χ1n) is 10.2. The molecule has 2 saturated carbocycles. The van der Waals surface area contributed by atoms with Crippen LogP contribution >= 0.6 is 0 Å². The molecule has 1 atom stereocenters. The summed E-state index contributed by atoms with van der Waals surface area (Å²) in [5.74, 6) is 0.103. The molecule has 2 aliphatic carbocycles. The first-order valence-corrected chi connectivity index (χ1v) is 10.2. The molecule has 0 aromatic heterocycles. The van der Waals surface area contributed by atoms with E-state index >= 15 is 0 Å². The van der Waals surface area contributed by atoms with Gasteiger partial charge >= 0.3 is 12.1 Å². The van der Waals surface area contributed by atoms with Crippen molar-refractivity contribution < 1.29 is 24.2 Å². The summed E-state index contributed by atoms with van der Waals surface area (Å²) in [4.78, 5) is 23.3. The number of hydrogen-bond acceptors (Lipinski definition) is 4. The van der Waals surface area contributed by atoms with Gasteiger partial charge in [-0.15, -0.1) is 0 Å². The maximum atomic E-state index is 12.2. The molecule has 2 aliphatic rings. The normalized spacial score (nSPS) is 25.7. The molecule has 150 valence electrons. The molecule has 6 nitrogen and oxygen atoms in total. The quantitative estimate of drug-likeness (QED) is 0.627. The Bertz CT molecular complexity index is 439. The molecule has 0 aliphatic heterocycles. The number of amides is 1. The molecule has 0 spiro atoms. The van der Waals surface area contributed by atoms with E-state index in [2.05, 4.69) is 19.2 Å². The number of rotatable bonds is 8. The monoisotopic (exact) mass is 369 g/mol. The lowest BCUT2D eigenvalue weighted by atomic mass is 9.82. The molecular weight excluding hydrogens is 334 g/mol. The average Bonchev–Trinajstić information content (AvgIpc) is 2.64. The van der Waals surface area contributed by atoms with Crippen LogP contribution in [-0.4, -0.2) is 36.6 Å². The van der Waals surface area contributed by atoms with Crippen molar-refractivity contribution in [3.8, 4) is 0 Å². The van der Waals surface area contributed by atoms with E-state index in [4.69, 9.17) is 14.6 Å². The predicted molar refractivity (Wildman–Crippen MR) is 98.7 cm³/mol. The van der Waals surface area contributed by atoms with Crippen molar-refractivity contribution in [2.75, 3.05) is 13.2 Å². The molecule has 1 amide bonds. The topological polar surface area (TPSA) is 84.9 Å². The average molecular weight is 370 g/mol. The number of ether oxygens (including phenoxy) is 2. The van der Waals surface area contributed by atoms with Crippen molar-refractivity contribution in [1.29, 1.82) is 0 Å². The van der Waals surface area contributed by atoms with Crippen molar-refractivity contribution in [3.05, 3.63) is 0 Å². The highest BCUT2D eigenvalue weighted by Gasteiger charge is 2.29. The van der Waals surface area contributed by atoms with Crippen LogP contribution < -0.4 is 5.32 Å². The molecule has 26 heavy (non-hydrogen) atoms. The Hall–Kier alpha value is -1.30. The molecule has 0 radical (unpaired) electrons. The number of aliphatic carboxylic acids is 1. The summed E-state index contributed by atoms with van der Waals surface area (Å²) in [6.45, 7) is 5.32. The number of carbonyl (C=O) groups excluding carboxylic acids is 1. The van der Waals surface area contributed by atoms with Crippen molar-refractivity contribution in [2.24, 2.45) is 23.7 Å². The zero-order chi connectivity index (χ0) is 18.9. The molecular formula is C20H35NO5. The third-order valence-electron chi connectivity index (χ3n) is 5.58. The number of carboxylic acids is 1. The van der Waals surface area contributed by atoms with Gasteiger partial charge in [0.1, 0.15) is 0 Å². The fourth-order valence-corrected chi connectivity index (χ4v) is 3.95. The lowest BCUT2D eigenvalue weighted by Crippen LogP contribution is -2.38. The molecule has 0 heterocycles. The first-order chi connectivity index (χ1) is 12.5. The second-order valence-electron chi connectivity index (χ2n) is 8.34. The van der Waals surface area contributed by atoms with E-state index in [1.807, 2.05) is 0 Å². The van der Waals surface area contributed by atoms with Crippen LogP contribution in [0, 0.1) is 23.7 Å². The fraction of sp³-hybridized carbons (Fsp3) is 0.900. The van der Waals surface area contributed by atoms with Crippen molar-refractivity contribution in [1.82, 2.24) is 5.32 Å². The fourth-order valence-electron chi connectivity index (χ4n) is 3.95. The number of hydrogen-bond donors (Lipinski definition) is 2. The third-order valence-corrected chi connectivity index (χ3v) is 5.58. The van der Waals surface area contributed by atoms with Crippen molar-refractivity contribution in [2.45, 2.75) is 77.9 Å². The molecule has 6 heteroatoms. The molecule has 0 aromatic rings. The smallest absolute Gasteiger partial charge is 0.409 e. The zero-order valence-corrected chi connectivity index (χ0v) is 16.2. The van der Waals surface area contributed by atoms with Gasteiger partial charge in [-0.3, -0.25) is 4.79 Å². The van der Waals surface area contributed by atoms with Gasteiger partial charge < -0.3 is 19.9 Å². The second kappa shape index (κ2) is 10.8. The summed E-state index contributed by atoms with van der Waals surface area (Å²) >= 11 is 0. The van der Waals surface area contributed by atoms with Crippen LogP contribution in [0.2, 0.25) is 0 Å². The lowest BCUT2D eigenvalue weighted by Gasteiger charge is -2.31. The minimum atomic E-state index is -0.701. The van der Waals surface area contributed by atoms with E-state index in [0.29, 0.717) is 43.7 Å². The van der Waals surface area contributed by atoms with Crippen molar-refractivity contribution in [3.63, 3.8) is 0 Å². The van der Waals surface area contributed by atoms with E-state index in [-0.39, 0.29) is 5.92 Å². The van der Waals surface area contributed by atoms with E-state index in [9.17, 15) is 9.59 Å². The number of nitrogens with one attached hydrogen (secondary N) is 1. The van der Waals surface area contributed by atoms with Gasteiger partial charge in [-0.1, -0.05) is 33.1 Å². The maximum Gasteiger partial charge on any atom is 0.409 e. The largest absolute Gasteiger partial charge is 0.481 e. The Morgan fingerprint density at radius 3 is 2.27 bits per heavy atom. The molecule has 1 unspecified atom stereocenters.